The van der Waals surface area contributed by atoms with Crippen molar-refractivity contribution in [2.75, 3.05) is 13.1 Å². The molecule has 2 nitrogen and oxygen atoms in total. The van der Waals surface area contributed by atoms with Crippen LogP contribution in [-0.2, 0) is 6.54 Å². The minimum atomic E-state index is 0.454. The Bertz CT molecular complexity index is 411. The molecule has 0 aromatic heterocycles. The van der Waals surface area contributed by atoms with Crippen LogP contribution < -0.4 is 0 Å². The molecule has 1 saturated heterocycles. The molecule has 1 heterocycles. The lowest BCUT2D eigenvalue weighted by atomic mass is 9.94. The van der Waals surface area contributed by atoms with Crippen molar-refractivity contribution in [3.05, 3.63) is 27.7 Å². The summed E-state index contributed by atoms with van der Waals surface area (Å²) in [6.07, 6.45) is 3.89. The third-order valence-electron chi connectivity index (χ3n) is 4.02. The Kier molecular flexibility index (Phi) is 4.68. The lowest BCUT2D eigenvalue weighted by Crippen LogP contribution is -2.33. The number of nitrogens with zero attached hydrogens (tertiary/aromatic N) is 1. The summed E-state index contributed by atoms with van der Waals surface area (Å²) in [6, 6.07) is 4.00. The van der Waals surface area contributed by atoms with Gasteiger partial charge in [0.25, 0.3) is 0 Å². The quantitative estimate of drug-likeness (QED) is 0.909. The number of phenols is 1. The van der Waals surface area contributed by atoms with Gasteiger partial charge in [0.1, 0.15) is 5.75 Å². The van der Waals surface area contributed by atoms with Crippen molar-refractivity contribution in [2.24, 2.45) is 5.92 Å². The highest BCUT2D eigenvalue weighted by atomic mass is 79.9. The summed E-state index contributed by atoms with van der Waals surface area (Å²) in [7, 11) is 0. The van der Waals surface area contributed by atoms with E-state index in [2.05, 4.69) is 27.8 Å². The van der Waals surface area contributed by atoms with Crippen molar-refractivity contribution in [1.29, 1.82) is 0 Å². The van der Waals surface area contributed by atoms with Gasteiger partial charge in [-0.1, -0.05) is 29.3 Å². The highest BCUT2D eigenvalue weighted by Gasteiger charge is 2.19. The molecule has 0 atom stereocenters. The summed E-state index contributed by atoms with van der Waals surface area (Å²) in [5, 5.41) is 10.1. The van der Waals surface area contributed by atoms with E-state index in [1.165, 1.54) is 19.3 Å². The molecule has 0 saturated carbocycles. The minimum absolute atomic E-state index is 0.454. The summed E-state index contributed by atoms with van der Waals surface area (Å²) in [4.78, 5) is 2.45. The number of aromatic hydroxyl groups is 1. The van der Waals surface area contributed by atoms with Crippen LogP contribution in [0.5, 0.6) is 5.75 Å². The molecule has 0 unspecified atom stereocenters. The molecule has 0 radical (unpaired) electrons. The fraction of sp³-hybridized carbons (Fsp3) is 0.600. The first-order chi connectivity index (χ1) is 8.60. The van der Waals surface area contributed by atoms with Gasteiger partial charge < -0.3 is 5.11 Å². The van der Waals surface area contributed by atoms with Gasteiger partial charge in [0, 0.05) is 16.6 Å². The Morgan fingerprint density at radius 1 is 1.33 bits per heavy atom. The molecular weight excluding hydrogens is 290 g/mol. The molecule has 1 N–H and O–H groups in total. The van der Waals surface area contributed by atoms with Crippen LogP contribution in [0.15, 0.2) is 16.6 Å². The van der Waals surface area contributed by atoms with E-state index in [4.69, 9.17) is 0 Å². The van der Waals surface area contributed by atoms with Crippen molar-refractivity contribution in [3.63, 3.8) is 0 Å². The van der Waals surface area contributed by atoms with E-state index in [9.17, 15) is 5.11 Å². The number of halogens is 1. The van der Waals surface area contributed by atoms with E-state index in [0.717, 1.165) is 41.2 Å². The van der Waals surface area contributed by atoms with Crippen LogP contribution in [0.2, 0.25) is 0 Å². The predicted octanol–water partition coefficient (Wildman–Crippen LogP) is 4.09. The first-order valence-corrected chi connectivity index (χ1v) is 7.59. The summed E-state index contributed by atoms with van der Waals surface area (Å²) < 4.78 is 1.05. The molecule has 1 aromatic rings. The van der Waals surface area contributed by atoms with E-state index >= 15 is 0 Å². The molecular formula is C15H22BrNO. The van der Waals surface area contributed by atoms with Crippen molar-refractivity contribution >= 4 is 15.9 Å². The van der Waals surface area contributed by atoms with E-state index in [-0.39, 0.29) is 0 Å². The van der Waals surface area contributed by atoms with Gasteiger partial charge in [-0.15, -0.1) is 0 Å². The largest absolute Gasteiger partial charge is 0.507 e. The number of likely N-dealkylation sites (tertiary alicyclic amines) is 1. The van der Waals surface area contributed by atoms with Crippen LogP contribution in [0, 0.1) is 12.8 Å². The molecule has 2 rings (SSSR count). The Morgan fingerprint density at radius 3 is 2.61 bits per heavy atom. The first-order valence-electron chi connectivity index (χ1n) is 6.80. The number of aryl methyl sites for hydroxylation is 1. The van der Waals surface area contributed by atoms with Crippen LogP contribution in [0.1, 0.15) is 37.3 Å². The molecule has 0 amide bonds. The fourth-order valence-corrected chi connectivity index (χ4v) is 3.34. The van der Waals surface area contributed by atoms with Crippen molar-refractivity contribution in [1.82, 2.24) is 4.90 Å². The maximum Gasteiger partial charge on any atom is 0.123 e. The minimum Gasteiger partial charge on any atom is -0.507 e. The maximum atomic E-state index is 10.1. The number of hydrogen-bond donors (Lipinski definition) is 1. The number of benzene rings is 1. The Labute approximate surface area is 118 Å². The van der Waals surface area contributed by atoms with Crippen molar-refractivity contribution < 1.29 is 5.11 Å². The third-order valence-corrected chi connectivity index (χ3v) is 4.48. The molecule has 100 valence electrons. The SMILES string of the molecule is CCC1CCN(Cc2cc(Br)cc(C)c2O)CC1. The highest BCUT2D eigenvalue weighted by Crippen LogP contribution is 2.29. The molecule has 3 heteroatoms. The molecule has 0 spiro atoms. The van der Waals surface area contributed by atoms with Crippen LogP contribution in [0.3, 0.4) is 0 Å². The second kappa shape index (κ2) is 6.07. The van der Waals surface area contributed by atoms with Crippen LogP contribution >= 0.6 is 15.9 Å². The van der Waals surface area contributed by atoms with Crippen LogP contribution in [0.4, 0.5) is 0 Å². The number of hydrogen-bond acceptors (Lipinski definition) is 2. The average Bonchev–Trinajstić information content (AvgIpc) is 2.36. The molecule has 0 bridgehead atoms. The summed E-state index contributed by atoms with van der Waals surface area (Å²) in [5.41, 5.74) is 1.99. The zero-order valence-corrected chi connectivity index (χ0v) is 12.8. The van der Waals surface area contributed by atoms with E-state index in [0.29, 0.717) is 5.75 Å². The zero-order chi connectivity index (χ0) is 13.1. The normalized spacial score (nSPS) is 18.2. The van der Waals surface area contributed by atoms with Gasteiger partial charge in [-0.3, -0.25) is 4.90 Å². The highest BCUT2D eigenvalue weighted by molar-refractivity contribution is 9.10. The lowest BCUT2D eigenvalue weighted by Gasteiger charge is -2.31. The van der Waals surface area contributed by atoms with E-state index in [1.54, 1.807) is 0 Å². The van der Waals surface area contributed by atoms with Gasteiger partial charge in [0.2, 0.25) is 0 Å². The molecule has 0 aliphatic carbocycles. The zero-order valence-electron chi connectivity index (χ0n) is 11.2. The molecule has 1 aliphatic heterocycles. The fourth-order valence-electron chi connectivity index (χ4n) is 2.72. The van der Waals surface area contributed by atoms with Gasteiger partial charge >= 0.3 is 0 Å². The van der Waals surface area contributed by atoms with Crippen molar-refractivity contribution in [3.8, 4) is 5.75 Å². The Balaban J connectivity index is 2.02. The summed E-state index contributed by atoms with van der Waals surface area (Å²) in [6.45, 7) is 7.41. The van der Waals surface area contributed by atoms with E-state index in [1.807, 2.05) is 19.1 Å². The summed E-state index contributed by atoms with van der Waals surface area (Å²) in [5.74, 6) is 1.36. The molecule has 18 heavy (non-hydrogen) atoms. The number of piperidine rings is 1. The van der Waals surface area contributed by atoms with Gasteiger partial charge in [0.15, 0.2) is 0 Å². The molecule has 1 fully saturated rings. The topological polar surface area (TPSA) is 23.5 Å². The second-order valence-electron chi connectivity index (χ2n) is 5.36. The molecule has 1 aliphatic rings. The van der Waals surface area contributed by atoms with Gasteiger partial charge in [-0.05, 0) is 56.5 Å². The number of phenolic OH excluding ortho intramolecular Hbond substituents is 1. The van der Waals surface area contributed by atoms with Gasteiger partial charge in [0.05, 0.1) is 0 Å². The second-order valence-corrected chi connectivity index (χ2v) is 6.27. The monoisotopic (exact) mass is 311 g/mol. The Hall–Kier alpha value is -0.540. The predicted molar refractivity (Wildman–Crippen MR) is 78.8 cm³/mol. The third kappa shape index (κ3) is 3.27. The lowest BCUT2D eigenvalue weighted by molar-refractivity contribution is 0.173. The van der Waals surface area contributed by atoms with E-state index < -0.39 is 0 Å². The summed E-state index contributed by atoms with van der Waals surface area (Å²) >= 11 is 3.50. The van der Waals surface area contributed by atoms with Gasteiger partial charge in [-0.25, -0.2) is 0 Å². The van der Waals surface area contributed by atoms with Gasteiger partial charge in [-0.2, -0.15) is 0 Å². The smallest absolute Gasteiger partial charge is 0.123 e. The molecule has 1 aromatic carbocycles. The Morgan fingerprint density at radius 2 is 2.00 bits per heavy atom. The van der Waals surface area contributed by atoms with Crippen molar-refractivity contribution in [2.45, 2.75) is 39.7 Å². The number of rotatable bonds is 3. The maximum absolute atomic E-state index is 10.1. The average molecular weight is 312 g/mol. The van der Waals surface area contributed by atoms with Crippen LogP contribution in [0.25, 0.3) is 0 Å². The standard InChI is InChI=1S/C15H22BrNO/c1-3-12-4-6-17(7-5-12)10-13-9-14(16)8-11(2)15(13)18/h8-9,12,18H,3-7,10H2,1-2H3. The first kappa shape index (κ1) is 13.9. The van der Waals surface area contributed by atoms with Crippen LogP contribution in [-0.4, -0.2) is 23.1 Å².